The molecular weight excluding hydrogens is 220 g/mol. The van der Waals surface area contributed by atoms with Gasteiger partial charge in [-0.05, 0) is 55.5 Å². The molecule has 1 rings (SSSR count). The monoisotopic (exact) mass is 254 g/mol. The summed E-state index contributed by atoms with van der Waals surface area (Å²) < 4.78 is 0. The summed E-state index contributed by atoms with van der Waals surface area (Å²) >= 11 is 0. The van der Waals surface area contributed by atoms with E-state index < -0.39 is 0 Å². The minimum Gasteiger partial charge on any atom is -0.328 e. The summed E-state index contributed by atoms with van der Waals surface area (Å²) in [4.78, 5) is 0. The Hall–Kier alpha value is -0.0800. The second kappa shape index (κ2) is 5.92. The van der Waals surface area contributed by atoms with Gasteiger partial charge in [0.15, 0.2) is 0 Å². The Morgan fingerprint density at radius 2 is 1.61 bits per heavy atom. The average molecular weight is 254 g/mol. The van der Waals surface area contributed by atoms with E-state index in [-0.39, 0.29) is 0 Å². The first-order valence-corrected chi connectivity index (χ1v) is 7.66. The molecule has 1 saturated carbocycles. The van der Waals surface area contributed by atoms with Crippen molar-refractivity contribution in [1.29, 1.82) is 0 Å². The lowest BCUT2D eigenvalue weighted by atomic mass is 10.0. The highest BCUT2D eigenvalue weighted by Crippen LogP contribution is 2.67. The maximum absolute atomic E-state index is 5.77. The molecule has 2 unspecified atom stereocenters. The lowest BCUT2D eigenvalue weighted by molar-refractivity contribution is 0.430. The highest BCUT2D eigenvalue weighted by molar-refractivity contribution is 5.12. The molecule has 0 heterocycles. The Morgan fingerprint density at radius 3 is 2.06 bits per heavy atom. The normalized spacial score (nSPS) is 24.8. The number of nitrogens with one attached hydrogen (secondary N) is 1. The number of hydrogen-bond acceptors (Lipinski definition) is 2. The van der Waals surface area contributed by atoms with Gasteiger partial charge in [0, 0.05) is 6.04 Å². The van der Waals surface area contributed by atoms with E-state index in [9.17, 15) is 0 Å². The van der Waals surface area contributed by atoms with E-state index in [4.69, 9.17) is 5.73 Å². The van der Waals surface area contributed by atoms with Gasteiger partial charge in [0.05, 0.1) is 0 Å². The van der Waals surface area contributed by atoms with E-state index in [2.05, 4.69) is 46.9 Å². The zero-order valence-corrected chi connectivity index (χ0v) is 13.3. The van der Waals surface area contributed by atoms with Gasteiger partial charge in [-0.15, -0.1) is 0 Å². The zero-order valence-electron chi connectivity index (χ0n) is 13.3. The van der Waals surface area contributed by atoms with Gasteiger partial charge in [-0.1, -0.05) is 41.0 Å². The van der Waals surface area contributed by atoms with Crippen LogP contribution in [0.5, 0.6) is 0 Å². The Kier molecular flexibility index (Phi) is 5.25. The van der Waals surface area contributed by atoms with Crippen LogP contribution in [-0.2, 0) is 0 Å². The quantitative estimate of drug-likeness (QED) is 0.696. The molecule has 0 aromatic rings. The van der Waals surface area contributed by atoms with Crippen molar-refractivity contribution < 1.29 is 0 Å². The SMILES string of the molecule is CC(N)CCCC(C)CNCC1C(C)(C)C1(C)C. The molecule has 1 aliphatic carbocycles. The maximum atomic E-state index is 5.77. The number of hydrogen-bond donors (Lipinski definition) is 2. The van der Waals surface area contributed by atoms with Crippen molar-refractivity contribution in [3.63, 3.8) is 0 Å². The fraction of sp³-hybridized carbons (Fsp3) is 1.00. The van der Waals surface area contributed by atoms with Gasteiger partial charge in [0.25, 0.3) is 0 Å². The Labute approximate surface area is 114 Å². The minimum absolute atomic E-state index is 0.359. The van der Waals surface area contributed by atoms with Crippen LogP contribution in [0, 0.1) is 22.7 Å². The lowest BCUT2D eigenvalue weighted by Gasteiger charge is -2.14. The van der Waals surface area contributed by atoms with Crippen LogP contribution in [0.4, 0.5) is 0 Å². The summed E-state index contributed by atoms with van der Waals surface area (Å²) in [6.07, 6.45) is 3.72. The molecule has 108 valence electrons. The van der Waals surface area contributed by atoms with E-state index in [1.165, 1.54) is 19.4 Å². The molecule has 0 aliphatic heterocycles. The smallest absolute Gasteiger partial charge is 0.00104 e. The first kappa shape index (κ1) is 16.0. The summed E-state index contributed by atoms with van der Waals surface area (Å²) in [6.45, 7) is 16.4. The van der Waals surface area contributed by atoms with Crippen molar-refractivity contribution in [2.75, 3.05) is 13.1 Å². The van der Waals surface area contributed by atoms with Gasteiger partial charge in [-0.25, -0.2) is 0 Å². The van der Waals surface area contributed by atoms with Crippen LogP contribution in [0.25, 0.3) is 0 Å². The van der Waals surface area contributed by atoms with E-state index >= 15 is 0 Å². The van der Waals surface area contributed by atoms with Crippen molar-refractivity contribution in [1.82, 2.24) is 5.32 Å². The molecule has 2 heteroatoms. The van der Waals surface area contributed by atoms with Gasteiger partial charge in [-0.3, -0.25) is 0 Å². The van der Waals surface area contributed by atoms with Crippen molar-refractivity contribution in [3.8, 4) is 0 Å². The molecule has 0 radical (unpaired) electrons. The average Bonchev–Trinajstić information content (AvgIpc) is 2.59. The molecule has 0 amide bonds. The van der Waals surface area contributed by atoms with Gasteiger partial charge >= 0.3 is 0 Å². The van der Waals surface area contributed by atoms with Crippen LogP contribution in [0.2, 0.25) is 0 Å². The highest BCUT2D eigenvalue weighted by Gasteiger charge is 2.63. The van der Waals surface area contributed by atoms with Crippen molar-refractivity contribution in [2.24, 2.45) is 28.4 Å². The molecule has 1 aliphatic rings. The van der Waals surface area contributed by atoms with Crippen LogP contribution < -0.4 is 11.1 Å². The van der Waals surface area contributed by atoms with Crippen molar-refractivity contribution in [3.05, 3.63) is 0 Å². The summed E-state index contributed by atoms with van der Waals surface area (Å²) in [5.41, 5.74) is 6.80. The van der Waals surface area contributed by atoms with Crippen LogP contribution in [0.15, 0.2) is 0 Å². The molecule has 2 nitrogen and oxygen atoms in total. The summed E-state index contributed by atoms with van der Waals surface area (Å²) in [5, 5.41) is 3.67. The second-order valence-corrected chi connectivity index (χ2v) is 7.67. The first-order chi connectivity index (χ1) is 8.19. The molecule has 2 atom stereocenters. The molecule has 0 bridgehead atoms. The standard InChI is InChI=1S/C16H34N2/c1-12(8-7-9-13(2)17)10-18-11-14-15(3,4)16(14,5)6/h12-14,18H,7-11,17H2,1-6H3. The zero-order chi connectivity index (χ0) is 14.0. The fourth-order valence-electron chi connectivity index (χ4n) is 3.21. The van der Waals surface area contributed by atoms with E-state index in [1.807, 2.05) is 0 Å². The molecule has 18 heavy (non-hydrogen) atoms. The Balaban J connectivity index is 2.08. The van der Waals surface area contributed by atoms with Crippen LogP contribution in [0.1, 0.15) is 60.8 Å². The fourth-order valence-corrected chi connectivity index (χ4v) is 3.21. The third-order valence-corrected chi connectivity index (χ3v) is 5.52. The van der Waals surface area contributed by atoms with Gasteiger partial charge in [0.2, 0.25) is 0 Å². The van der Waals surface area contributed by atoms with Crippen LogP contribution in [0.3, 0.4) is 0 Å². The maximum Gasteiger partial charge on any atom is 0.00104 e. The first-order valence-electron chi connectivity index (χ1n) is 7.66. The third kappa shape index (κ3) is 3.71. The van der Waals surface area contributed by atoms with Crippen molar-refractivity contribution >= 4 is 0 Å². The third-order valence-electron chi connectivity index (χ3n) is 5.52. The Morgan fingerprint density at radius 1 is 1.06 bits per heavy atom. The molecule has 1 fully saturated rings. The van der Waals surface area contributed by atoms with E-state index in [0.717, 1.165) is 24.8 Å². The van der Waals surface area contributed by atoms with Gasteiger partial charge < -0.3 is 11.1 Å². The lowest BCUT2D eigenvalue weighted by Crippen LogP contribution is -2.25. The molecular formula is C16H34N2. The molecule has 0 spiro atoms. The topological polar surface area (TPSA) is 38.0 Å². The summed E-state index contributed by atoms with van der Waals surface area (Å²) in [6, 6.07) is 0.359. The van der Waals surface area contributed by atoms with Crippen LogP contribution >= 0.6 is 0 Å². The molecule has 0 aromatic carbocycles. The van der Waals surface area contributed by atoms with Crippen molar-refractivity contribution in [2.45, 2.75) is 66.8 Å². The largest absolute Gasteiger partial charge is 0.328 e. The Bertz CT molecular complexity index is 242. The van der Waals surface area contributed by atoms with Crippen LogP contribution in [-0.4, -0.2) is 19.1 Å². The summed E-state index contributed by atoms with van der Waals surface area (Å²) in [7, 11) is 0. The van der Waals surface area contributed by atoms with E-state index in [0.29, 0.717) is 16.9 Å². The second-order valence-electron chi connectivity index (χ2n) is 7.67. The predicted molar refractivity (Wildman–Crippen MR) is 80.6 cm³/mol. The number of nitrogens with two attached hydrogens (primary N) is 1. The molecule has 0 aromatic heterocycles. The minimum atomic E-state index is 0.359. The number of rotatable bonds is 8. The highest BCUT2D eigenvalue weighted by atomic mass is 14.9. The van der Waals surface area contributed by atoms with E-state index in [1.54, 1.807) is 0 Å². The van der Waals surface area contributed by atoms with Gasteiger partial charge in [0.1, 0.15) is 0 Å². The predicted octanol–water partition coefficient (Wildman–Crippen LogP) is 3.41. The van der Waals surface area contributed by atoms with Gasteiger partial charge in [-0.2, -0.15) is 0 Å². The summed E-state index contributed by atoms with van der Waals surface area (Å²) in [5.74, 6) is 1.61. The molecule has 0 saturated heterocycles. The molecule has 3 N–H and O–H groups in total.